The van der Waals surface area contributed by atoms with Gasteiger partial charge in [0.1, 0.15) is 29.2 Å². The fourth-order valence-electron chi connectivity index (χ4n) is 12.6. The fourth-order valence-corrected chi connectivity index (χ4v) is 12.6. The predicted octanol–water partition coefficient (Wildman–Crippen LogP) is 14.0. The van der Waals surface area contributed by atoms with Crippen molar-refractivity contribution in [3.8, 4) is 39.1 Å². The Hall–Kier alpha value is -7.48. The van der Waals surface area contributed by atoms with Gasteiger partial charge in [-0.2, -0.15) is 0 Å². The van der Waals surface area contributed by atoms with Gasteiger partial charge in [0.2, 0.25) is 0 Å². The van der Waals surface area contributed by atoms with Crippen molar-refractivity contribution in [1.82, 2.24) is 9.80 Å². The maximum absolute atomic E-state index is 13.4. The van der Waals surface area contributed by atoms with Crippen LogP contribution in [0.15, 0.2) is 146 Å². The number of amides is 2. The number of hydrogen-bond donors (Lipinski definition) is 2. The van der Waals surface area contributed by atoms with Crippen LogP contribution in [-0.2, 0) is 47.9 Å². The summed E-state index contributed by atoms with van der Waals surface area (Å²) in [6.45, 7) is 17.3. The first-order valence-corrected chi connectivity index (χ1v) is 29.4. The zero-order valence-electron chi connectivity index (χ0n) is 48.5. The van der Waals surface area contributed by atoms with Crippen molar-refractivity contribution in [3.63, 3.8) is 0 Å². The third-order valence-corrected chi connectivity index (χ3v) is 16.2. The summed E-state index contributed by atoms with van der Waals surface area (Å²) in [4.78, 5) is 56.1. The number of benzene rings is 6. The summed E-state index contributed by atoms with van der Waals surface area (Å²) < 4.78 is 28.8. The highest BCUT2D eigenvalue weighted by Gasteiger charge is 2.43. The number of anilines is 2. The van der Waals surface area contributed by atoms with Crippen molar-refractivity contribution in [2.45, 2.75) is 123 Å². The van der Waals surface area contributed by atoms with E-state index in [0.29, 0.717) is 47.9 Å². The number of carbonyl (C=O) groups is 4. The number of ether oxygens (including phenoxy) is 5. The van der Waals surface area contributed by atoms with Gasteiger partial charge in [-0.15, -0.1) is 0 Å². The molecule has 0 spiro atoms. The molecular formula is C69H80N4O9. The second kappa shape index (κ2) is 25.8. The van der Waals surface area contributed by atoms with Gasteiger partial charge in [-0.05, 0) is 167 Å². The Morgan fingerprint density at radius 3 is 1.43 bits per heavy atom. The number of nitrogens with one attached hydrogen (secondary N) is 2. The van der Waals surface area contributed by atoms with Crippen molar-refractivity contribution < 1.29 is 42.9 Å². The molecule has 6 atom stereocenters. The van der Waals surface area contributed by atoms with Crippen LogP contribution < -0.4 is 15.4 Å². The number of nitrogens with zero attached hydrogens (tertiary/aromatic N) is 2. The molecule has 10 rings (SSSR count). The van der Waals surface area contributed by atoms with E-state index in [0.717, 1.165) is 116 Å². The van der Waals surface area contributed by atoms with E-state index in [4.69, 9.17) is 23.7 Å². The van der Waals surface area contributed by atoms with Crippen molar-refractivity contribution >= 4 is 35.5 Å². The largest absolute Gasteiger partial charge is 0.493 e. The zero-order chi connectivity index (χ0) is 57.4. The molecule has 82 heavy (non-hydrogen) atoms. The normalized spacial score (nSPS) is 20.6. The van der Waals surface area contributed by atoms with Gasteiger partial charge >= 0.3 is 24.1 Å². The van der Waals surface area contributed by atoms with E-state index in [1.54, 1.807) is 0 Å². The molecule has 2 saturated heterocycles. The van der Waals surface area contributed by atoms with Gasteiger partial charge in [-0.3, -0.25) is 25.1 Å². The maximum atomic E-state index is 13.4. The summed E-state index contributed by atoms with van der Waals surface area (Å²) in [5.41, 5.74) is 9.95. The quantitative estimate of drug-likeness (QED) is 0.0590. The number of fused-ring (bicyclic) bond motifs is 2. The number of likely N-dealkylation sites (tertiary alicyclic amines) is 2. The molecule has 2 unspecified atom stereocenters. The molecule has 2 aliphatic carbocycles. The summed E-state index contributed by atoms with van der Waals surface area (Å²) in [6, 6.07) is 49.0. The number of hydrogen-bond acceptors (Lipinski definition) is 11. The topological polar surface area (TPSA) is 145 Å². The van der Waals surface area contributed by atoms with Crippen molar-refractivity contribution in [2.24, 2.45) is 23.7 Å². The second-order valence-corrected chi connectivity index (χ2v) is 25.0. The summed E-state index contributed by atoms with van der Waals surface area (Å²) in [7, 11) is 0. The molecular weight excluding hydrogens is 1030 g/mol. The molecule has 2 saturated carbocycles. The van der Waals surface area contributed by atoms with Gasteiger partial charge < -0.3 is 28.6 Å². The smallest absolute Gasteiger partial charge is 0.411 e. The van der Waals surface area contributed by atoms with E-state index >= 15 is 0 Å². The number of rotatable bonds is 19. The number of aryl methyl sites for hydroxylation is 1. The number of carbonyl (C=O) groups excluding carboxylic acids is 4. The number of esters is 2. The molecule has 2 heterocycles. The minimum Gasteiger partial charge on any atom is -0.493 e. The van der Waals surface area contributed by atoms with Crippen LogP contribution in [0.1, 0.15) is 96.8 Å². The first-order valence-electron chi connectivity index (χ1n) is 29.4. The van der Waals surface area contributed by atoms with Crippen LogP contribution in [0.25, 0.3) is 33.4 Å². The van der Waals surface area contributed by atoms with Gasteiger partial charge in [0, 0.05) is 56.8 Å². The van der Waals surface area contributed by atoms with Crippen LogP contribution in [0, 0.1) is 23.7 Å². The van der Waals surface area contributed by atoms with Crippen molar-refractivity contribution in [2.75, 3.05) is 50.0 Å². The summed E-state index contributed by atoms with van der Waals surface area (Å²) >= 11 is 0. The van der Waals surface area contributed by atoms with Gasteiger partial charge in [-0.25, -0.2) is 9.59 Å². The molecule has 2 N–H and O–H groups in total. The van der Waals surface area contributed by atoms with Crippen LogP contribution in [-0.4, -0.2) is 96.7 Å². The van der Waals surface area contributed by atoms with Crippen molar-refractivity contribution in [3.05, 3.63) is 162 Å². The lowest BCUT2D eigenvalue weighted by Gasteiger charge is -2.20. The lowest BCUT2D eigenvalue weighted by atomic mass is 9.97. The summed E-state index contributed by atoms with van der Waals surface area (Å²) in [6.07, 6.45) is 4.55. The SMILES string of the molecule is CC(C)(C)OC(=O)CCOc1ccc(CCN2C[C@H]3CC(OC(=O)Nc4ccccc4-c4ccc(-c5ccc(-c6ccccc6NC(=O)OC6C[C@@H]7CN(Cc8cccc(CCC(=O)OC(C)(C)C)c8)C[C@@H]7C6)cc5)cc4)C[C@H]3C2)cc1. The molecule has 13 nitrogen and oxygen atoms in total. The highest BCUT2D eigenvalue weighted by Crippen LogP contribution is 2.42. The van der Waals surface area contributed by atoms with E-state index in [1.807, 2.05) is 102 Å². The molecule has 0 aromatic heterocycles. The first kappa shape index (κ1) is 57.7. The van der Waals surface area contributed by atoms with E-state index in [-0.39, 0.29) is 37.2 Å². The molecule has 4 fully saturated rings. The standard InChI is InChI=1S/C69H80N4O9/c1-68(2,3)81-64(74)31-20-47-12-11-13-48(36-47)41-73-44-55-39-59(40-56(55)45-73)80-67(77)71-63-17-10-8-15-61(63)52-27-23-50(24-28-52)49-21-25-51(26-22-49)60-14-7-9-16-62(60)70-66(76)79-58-37-53-42-72(43-54(53)38-58)34-32-46-18-29-57(30-19-46)78-35-33-65(75)82-69(4,5)6/h7-19,21-30,36,53-56,58-59H,20,31-35,37-45H2,1-6H3,(H,70,76)(H,71,77)/t53-,54+,55-,56+,58?,59?. The Morgan fingerprint density at radius 2 is 0.927 bits per heavy atom. The predicted molar refractivity (Wildman–Crippen MR) is 321 cm³/mol. The molecule has 0 bridgehead atoms. The fraction of sp³-hybridized carbons (Fsp3) is 0.420. The first-order chi connectivity index (χ1) is 39.4. The van der Waals surface area contributed by atoms with Gasteiger partial charge in [0.15, 0.2) is 0 Å². The minimum absolute atomic E-state index is 0.108. The lowest BCUT2D eigenvalue weighted by Crippen LogP contribution is -2.27. The second-order valence-electron chi connectivity index (χ2n) is 25.0. The van der Waals surface area contributed by atoms with Crippen LogP contribution in [0.3, 0.4) is 0 Å². The summed E-state index contributed by atoms with van der Waals surface area (Å²) in [5, 5.41) is 6.12. The Labute approximate surface area is 484 Å². The van der Waals surface area contributed by atoms with E-state index in [9.17, 15) is 19.2 Å². The molecule has 0 radical (unpaired) electrons. The Morgan fingerprint density at radius 1 is 0.476 bits per heavy atom. The molecule has 2 aliphatic heterocycles. The third-order valence-electron chi connectivity index (χ3n) is 16.2. The van der Waals surface area contributed by atoms with E-state index in [2.05, 4.69) is 105 Å². The Balaban J connectivity index is 0.648. The van der Waals surface area contributed by atoms with Crippen LogP contribution in [0.2, 0.25) is 0 Å². The highest BCUT2D eigenvalue weighted by molar-refractivity contribution is 5.93. The molecule has 6 aromatic carbocycles. The van der Waals surface area contributed by atoms with Gasteiger partial charge in [0.05, 0.1) is 24.4 Å². The Bertz CT molecular complexity index is 3140. The van der Waals surface area contributed by atoms with Crippen LogP contribution in [0.4, 0.5) is 21.0 Å². The molecule has 4 aliphatic rings. The maximum Gasteiger partial charge on any atom is 0.411 e. The average molecular weight is 1110 g/mol. The van der Waals surface area contributed by atoms with Crippen LogP contribution in [0.5, 0.6) is 5.75 Å². The molecule has 13 heteroatoms. The van der Waals surface area contributed by atoms with Gasteiger partial charge in [0.25, 0.3) is 0 Å². The van der Waals surface area contributed by atoms with Crippen molar-refractivity contribution in [1.29, 1.82) is 0 Å². The van der Waals surface area contributed by atoms with Crippen LogP contribution >= 0.6 is 0 Å². The third kappa shape index (κ3) is 15.9. The lowest BCUT2D eigenvalue weighted by molar-refractivity contribution is -0.156. The summed E-state index contributed by atoms with van der Waals surface area (Å²) in [5.74, 6) is 2.30. The van der Waals surface area contributed by atoms with Gasteiger partial charge in [-0.1, -0.05) is 121 Å². The minimum atomic E-state index is -0.501. The molecule has 430 valence electrons. The average Bonchev–Trinajstić information content (AvgIpc) is 4.40. The Kier molecular flexibility index (Phi) is 18.1. The molecule has 2 amide bonds. The van der Waals surface area contributed by atoms with E-state index < -0.39 is 23.4 Å². The highest BCUT2D eigenvalue weighted by atomic mass is 16.6. The van der Waals surface area contributed by atoms with E-state index in [1.165, 1.54) is 11.1 Å². The zero-order valence-corrected chi connectivity index (χ0v) is 48.5. The number of para-hydroxylation sites is 2. The monoisotopic (exact) mass is 1110 g/mol. The molecule has 6 aromatic rings.